The van der Waals surface area contributed by atoms with Crippen molar-refractivity contribution in [3.63, 3.8) is 0 Å². The maximum atomic E-state index is 13.1. The number of hydrogen-bond acceptors (Lipinski definition) is 6. The zero-order valence-corrected chi connectivity index (χ0v) is 19.9. The number of aromatic nitrogens is 3. The van der Waals surface area contributed by atoms with Gasteiger partial charge in [0, 0.05) is 5.02 Å². The molecular formula is C26H24ClN5O3. The van der Waals surface area contributed by atoms with Gasteiger partial charge in [0.25, 0.3) is 5.95 Å². The number of hydrogen-bond donors (Lipinski definition) is 1. The van der Waals surface area contributed by atoms with E-state index in [9.17, 15) is 9.59 Å². The first kappa shape index (κ1) is 21.9. The van der Waals surface area contributed by atoms with Crippen LogP contribution in [0.15, 0.2) is 60.7 Å². The summed E-state index contributed by atoms with van der Waals surface area (Å²) < 4.78 is 7.10. The largest absolute Gasteiger partial charge is 0.497 e. The number of fused-ring (bicyclic) bond motifs is 2. The summed E-state index contributed by atoms with van der Waals surface area (Å²) in [7, 11) is 1.63. The summed E-state index contributed by atoms with van der Waals surface area (Å²) in [5, 5.41) is 8.81. The smallest absolute Gasteiger partial charge is 0.260 e. The Labute approximate surface area is 207 Å². The second-order valence-electron chi connectivity index (χ2n) is 9.12. The first-order chi connectivity index (χ1) is 17.0. The van der Waals surface area contributed by atoms with Crippen LogP contribution in [0.1, 0.15) is 42.5 Å². The first-order valence-corrected chi connectivity index (χ1v) is 12.1. The Kier molecular flexibility index (Phi) is 5.33. The average Bonchev–Trinajstić information content (AvgIpc) is 3.42. The average molecular weight is 490 g/mol. The van der Waals surface area contributed by atoms with Gasteiger partial charge in [-0.25, -0.2) is 9.58 Å². The van der Waals surface area contributed by atoms with Crippen LogP contribution in [0.2, 0.25) is 5.02 Å². The summed E-state index contributed by atoms with van der Waals surface area (Å²) in [6.07, 6.45) is 5.79. The van der Waals surface area contributed by atoms with Crippen molar-refractivity contribution in [2.75, 3.05) is 17.3 Å². The number of nitrogens with one attached hydrogen (secondary N) is 1. The van der Waals surface area contributed by atoms with Crippen molar-refractivity contribution in [1.29, 1.82) is 0 Å². The summed E-state index contributed by atoms with van der Waals surface area (Å²) >= 11 is 6.11. The molecule has 0 spiro atoms. The highest BCUT2D eigenvalue weighted by Gasteiger charge is 2.50. The Morgan fingerprint density at radius 1 is 0.943 bits per heavy atom. The van der Waals surface area contributed by atoms with Crippen molar-refractivity contribution >= 4 is 35.3 Å². The maximum absolute atomic E-state index is 13.1. The fourth-order valence-corrected chi connectivity index (χ4v) is 5.40. The van der Waals surface area contributed by atoms with Crippen LogP contribution in [0.5, 0.6) is 5.75 Å². The topological polar surface area (TPSA) is 89.3 Å². The third-order valence-electron chi connectivity index (χ3n) is 7.16. The van der Waals surface area contributed by atoms with Crippen LogP contribution in [0.3, 0.4) is 0 Å². The van der Waals surface area contributed by atoms with Crippen LogP contribution in [0.25, 0.3) is 0 Å². The minimum atomic E-state index is -0.333. The normalized spacial score (nSPS) is 25.3. The van der Waals surface area contributed by atoms with Crippen LogP contribution in [0.4, 0.5) is 11.9 Å². The van der Waals surface area contributed by atoms with E-state index in [2.05, 4.69) is 15.4 Å². The summed E-state index contributed by atoms with van der Waals surface area (Å²) in [5.41, 5.74) is 2.09. The predicted molar refractivity (Wildman–Crippen MR) is 131 cm³/mol. The molecule has 1 saturated heterocycles. The van der Waals surface area contributed by atoms with Gasteiger partial charge in [0.2, 0.25) is 17.8 Å². The van der Waals surface area contributed by atoms with Gasteiger partial charge in [-0.05, 0) is 54.7 Å². The van der Waals surface area contributed by atoms with E-state index in [1.54, 1.807) is 11.8 Å². The molecule has 3 heterocycles. The lowest BCUT2D eigenvalue weighted by Gasteiger charge is -2.31. The lowest BCUT2D eigenvalue weighted by Crippen LogP contribution is -2.32. The van der Waals surface area contributed by atoms with Crippen LogP contribution in [0, 0.1) is 11.8 Å². The molecule has 9 heteroatoms. The molecule has 35 heavy (non-hydrogen) atoms. The standard InChI is InChI=1S/C26H24ClN5O3/c1-35-18-12-8-16(9-13-18)22-14-21(15-6-10-17(27)11-7-15)28-25-29-26(30-32(22)25)31-23(33)19-4-2-3-5-20(19)24(31)34/h2-3,6-13,19-22H,4-5,14H2,1H3,(H,28,29,30)/t19-,20+,21-,22+/m0/s1. The zero-order chi connectivity index (χ0) is 24.1. The number of carbonyl (C=O) groups is 2. The lowest BCUT2D eigenvalue weighted by atomic mass is 9.85. The molecule has 1 fully saturated rings. The highest BCUT2D eigenvalue weighted by atomic mass is 35.5. The Morgan fingerprint density at radius 3 is 2.20 bits per heavy atom. The number of ether oxygens (including phenoxy) is 1. The monoisotopic (exact) mass is 489 g/mol. The fraction of sp³-hybridized carbons (Fsp3) is 0.308. The third-order valence-corrected chi connectivity index (χ3v) is 7.41. The predicted octanol–water partition coefficient (Wildman–Crippen LogP) is 4.54. The van der Waals surface area contributed by atoms with Gasteiger partial charge in [-0.2, -0.15) is 4.98 Å². The molecule has 6 rings (SSSR count). The lowest BCUT2D eigenvalue weighted by molar-refractivity contribution is -0.122. The molecule has 2 aromatic carbocycles. The van der Waals surface area contributed by atoms with E-state index < -0.39 is 0 Å². The van der Waals surface area contributed by atoms with Gasteiger partial charge in [-0.3, -0.25) is 9.59 Å². The van der Waals surface area contributed by atoms with Crippen molar-refractivity contribution in [2.24, 2.45) is 11.8 Å². The summed E-state index contributed by atoms with van der Waals surface area (Å²) in [6.45, 7) is 0. The second kappa shape index (κ2) is 8.53. The number of halogens is 1. The van der Waals surface area contributed by atoms with E-state index in [0.717, 1.165) is 16.9 Å². The van der Waals surface area contributed by atoms with Gasteiger partial charge in [0.1, 0.15) is 5.75 Å². The molecule has 1 aliphatic carbocycles. The number of carbonyl (C=O) groups excluding carboxylic acids is 2. The Hall–Kier alpha value is -3.65. The summed E-state index contributed by atoms with van der Waals surface area (Å²) in [6, 6.07) is 15.3. The van der Waals surface area contributed by atoms with E-state index in [1.165, 1.54) is 4.90 Å². The Morgan fingerprint density at radius 2 is 1.57 bits per heavy atom. The summed E-state index contributed by atoms with van der Waals surface area (Å²) in [5.74, 6) is 0.305. The molecular weight excluding hydrogens is 466 g/mol. The SMILES string of the molecule is COc1ccc([C@H]2C[C@@H](c3ccc(Cl)cc3)Nc3nc(N4C(=O)[C@H]5CC=CC[C@H]5C4=O)nn32)cc1. The summed E-state index contributed by atoms with van der Waals surface area (Å²) in [4.78, 5) is 32.1. The van der Waals surface area contributed by atoms with E-state index in [0.29, 0.717) is 30.2 Å². The van der Waals surface area contributed by atoms with Crippen LogP contribution < -0.4 is 15.0 Å². The number of nitrogens with zero attached hydrogens (tertiary/aromatic N) is 4. The van der Waals surface area contributed by atoms with E-state index in [4.69, 9.17) is 16.3 Å². The minimum absolute atomic E-state index is 0.0549. The minimum Gasteiger partial charge on any atom is -0.497 e. The Bertz CT molecular complexity index is 1290. The molecule has 2 aliphatic heterocycles. The zero-order valence-electron chi connectivity index (χ0n) is 19.1. The van der Waals surface area contributed by atoms with Crippen molar-refractivity contribution in [3.05, 3.63) is 76.8 Å². The molecule has 3 aromatic rings. The quantitative estimate of drug-likeness (QED) is 0.427. The maximum Gasteiger partial charge on any atom is 0.260 e. The molecule has 0 bridgehead atoms. The number of imide groups is 1. The fourth-order valence-electron chi connectivity index (χ4n) is 5.28. The van der Waals surface area contributed by atoms with Crippen molar-refractivity contribution in [3.8, 4) is 5.75 Å². The first-order valence-electron chi connectivity index (χ1n) is 11.7. The number of amides is 2. The highest BCUT2D eigenvalue weighted by Crippen LogP contribution is 2.41. The van der Waals surface area contributed by atoms with E-state index in [-0.39, 0.29) is 41.7 Å². The number of rotatable bonds is 4. The van der Waals surface area contributed by atoms with Crippen molar-refractivity contribution in [1.82, 2.24) is 14.8 Å². The molecule has 3 aliphatic rings. The second-order valence-corrected chi connectivity index (χ2v) is 9.56. The van der Waals surface area contributed by atoms with Crippen molar-refractivity contribution in [2.45, 2.75) is 31.3 Å². The molecule has 2 amide bonds. The number of anilines is 2. The van der Waals surface area contributed by atoms with Gasteiger partial charge in [-0.1, -0.05) is 48.0 Å². The third kappa shape index (κ3) is 3.69. The Balaban J connectivity index is 1.39. The van der Waals surface area contributed by atoms with Crippen molar-refractivity contribution < 1.29 is 14.3 Å². The number of allylic oxidation sites excluding steroid dienone is 2. The van der Waals surface area contributed by atoms with E-state index in [1.807, 2.05) is 60.7 Å². The van der Waals surface area contributed by atoms with Gasteiger partial charge < -0.3 is 10.1 Å². The molecule has 4 atom stereocenters. The molecule has 1 aromatic heterocycles. The van der Waals surface area contributed by atoms with Gasteiger partial charge in [0.05, 0.1) is 31.0 Å². The van der Waals surface area contributed by atoms with Gasteiger partial charge >= 0.3 is 0 Å². The molecule has 0 radical (unpaired) electrons. The molecule has 0 unspecified atom stereocenters. The van der Waals surface area contributed by atoms with Crippen LogP contribution >= 0.6 is 11.6 Å². The van der Waals surface area contributed by atoms with Crippen LogP contribution in [-0.2, 0) is 9.59 Å². The molecule has 1 N–H and O–H groups in total. The van der Waals surface area contributed by atoms with E-state index >= 15 is 0 Å². The molecule has 8 nitrogen and oxygen atoms in total. The number of benzene rings is 2. The van der Waals surface area contributed by atoms with Gasteiger partial charge in [-0.15, -0.1) is 5.10 Å². The molecule has 178 valence electrons. The highest BCUT2D eigenvalue weighted by molar-refractivity contribution is 6.30. The van der Waals surface area contributed by atoms with Crippen LogP contribution in [-0.4, -0.2) is 33.7 Å². The van der Waals surface area contributed by atoms with Gasteiger partial charge in [0.15, 0.2) is 0 Å². The molecule has 0 saturated carbocycles. The number of methoxy groups -OCH3 is 1.